The second kappa shape index (κ2) is 4.08. The van der Waals surface area contributed by atoms with E-state index in [0.29, 0.717) is 11.6 Å². The molecular weight excluding hydrogens is 216 g/mol. The number of hydrogen-bond donors (Lipinski definition) is 1. The molecule has 0 aliphatic carbocycles. The summed E-state index contributed by atoms with van der Waals surface area (Å²) in [5, 5.41) is 0. The van der Waals surface area contributed by atoms with Crippen LogP contribution in [0.15, 0.2) is 27.4 Å². The van der Waals surface area contributed by atoms with Crippen molar-refractivity contribution < 1.29 is 4.42 Å². The number of oxazole rings is 1. The van der Waals surface area contributed by atoms with E-state index in [2.05, 4.69) is 4.98 Å². The fourth-order valence-electron chi connectivity index (χ4n) is 1.45. The van der Waals surface area contributed by atoms with Crippen LogP contribution in [0.4, 0.5) is 0 Å². The van der Waals surface area contributed by atoms with Gasteiger partial charge in [-0.25, -0.2) is 4.79 Å². The van der Waals surface area contributed by atoms with Crippen LogP contribution in [-0.2, 0) is 6.54 Å². The molecule has 0 saturated carbocycles. The molecule has 0 aliphatic rings. The molecule has 0 spiro atoms. The number of aromatic nitrogens is 1. The van der Waals surface area contributed by atoms with E-state index >= 15 is 0 Å². The van der Waals surface area contributed by atoms with Crippen LogP contribution in [0, 0.1) is 0 Å². The van der Waals surface area contributed by atoms with E-state index in [1.807, 2.05) is 24.1 Å². The van der Waals surface area contributed by atoms with E-state index < -0.39 is 5.76 Å². The van der Waals surface area contributed by atoms with Crippen LogP contribution in [-0.4, -0.2) is 22.9 Å². The van der Waals surface area contributed by atoms with Crippen molar-refractivity contribution in [1.29, 1.82) is 0 Å². The third kappa shape index (κ3) is 2.22. The highest BCUT2D eigenvalue weighted by molar-refractivity contribution is 6.17. The normalized spacial score (nSPS) is 11.4. The van der Waals surface area contributed by atoms with E-state index in [9.17, 15) is 4.79 Å². The Morgan fingerprint density at radius 3 is 3.07 bits per heavy atom. The molecule has 0 aliphatic heterocycles. The minimum atomic E-state index is -0.423. The largest absolute Gasteiger partial charge is 0.417 e. The third-order valence-corrected chi connectivity index (χ3v) is 2.55. The molecule has 4 nitrogen and oxygen atoms in total. The topological polar surface area (TPSA) is 49.2 Å². The van der Waals surface area contributed by atoms with Gasteiger partial charge in [0.1, 0.15) is 0 Å². The Morgan fingerprint density at radius 1 is 1.53 bits per heavy atom. The number of halogens is 1. The predicted molar refractivity (Wildman–Crippen MR) is 59.0 cm³/mol. The summed E-state index contributed by atoms with van der Waals surface area (Å²) in [5.41, 5.74) is 2.39. The Labute approximate surface area is 91.4 Å². The predicted octanol–water partition coefficient (Wildman–Crippen LogP) is 1.75. The lowest BCUT2D eigenvalue weighted by atomic mass is 10.2. The molecule has 5 heteroatoms. The van der Waals surface area contributed by atoms with Crippen molar-refractivity contribution in [2.75, 3.05) is 13.1 Å². The maximum absolute atomic E-state index is 10.9. The number of rotatable bonds is 3. The molecule has 1 N–H and O–H groups in total. The Morgan fingerprint density at radius 2 is 2.33 bits per heavy atom. The number of aromatic amines is 1. The van der Waals surface area contributed by atoms with E-state index in [-0.39, 0.29) is 0 Å². The van der Waals surface area contributed by atoms with Crippen molar-refractivity contribution >= 4 is 22.7 Å². The second-order valence-corrected chi connectivity index (χ2v) is 3.72. The molecule has 0 saturated heterocycles. The Kier molecular flexibility index (Phi) is 2.79. The molecule has 0 radical (unpaired) electrons. The van der Waals surface area contributed by atoms with Gasteiger partial charge >= 0.3 is 5.76 Å². The molecule has 1 heterocycles. The first-order valence-corrected chi connectivity index (χ1v) is 5.09. The lowest BCUT2D eigenvalue weighted by Crippen LogP contribution is -2.15. The van der Waals surface area contributed by atoms with E-state index in [0.717, 1.165) is 17.6 Å². The lowest BCUT2D eigenvalue weighted by molar-refractivity contribution is 0.382. The molecule has 80 valence electrons. The van der Waals surface area contributed by atoms with Gasteiger partial charge in [0, 0.05) is 6.54 Å². The number of H-pyrrole nitrogens is 1. The average molecular weight is 227 g/mol. The summed E-state index contributed by atoms with van der Waals surface area (Å²) in [4.78, 5) is 15.5. The van der Waals surface area contributed by atoms with Gasteiger partial charge in [-0.15, -0.1) is 11.6 Å². The Hall–Kier alpha value is -1.26. The zero-order valence-electron chi connectivity index (χ0n) is 8.29. The fraction of sp³-hybridized carbons (Fsp3) is 0.300. The first-order valence-electron chi connectivity index (χ1n) is 4.55. The van der Waals surface area contributed by atoms with Gasteiger partial charge in [-0.2, -0.15) is 0 Å². The van der Waals surface area contributed by atoms with Crippen molar-refractivity contribution in [3.8, 4) is 0 Å². The summed E-state index contributed by atoms with van der Waals surface area (Å²) in [5.74, 6) is -0.423. The molecule has 0 unspecified atom stereocenters. The van der Waals surface area contributed by atoms with Gasteiger partial charge in [0.2, 0.25) is 0 Å². The zero-order chi connectivity index (χ0) is 10.8. The fourth-order valence-corrected chi connectivity index (χ4v) is 1.54. The van der Waals surface area contributed by atoms with Crippen molar-refractivity contribution in [2.45, 2.75) is 6.54 Å². The SMILES string of the molecule is CN(CCl)Cc1ccc2oc(=O)[nH]c2c1. The van der Waals surface area contributed by atoms with Crippen molar-refractivity contribution in [3.05, 3.63) is 34.3 Å². The second-order valence-electron chi connectivity index (χ2n) is 3.48. The van der Waals surface area contributed by atoms with E-state index in [1.54, 1.807) is 6.07 Å². The molecule has 1 aromatic carbocycles. The molecule has 0 bridgehead atoms. The summed E-state index contributed by atoms with van der Waals surface area (Å²) in [7, 11) is 1.93. The molecular formula is C10H11ClN2O2. The lowest BCUT2D eigenvalue weighted by Gasteiger charge is -2.11. The number of nitrogens with one attached hydrogen (secondary N) is 1. The Balaban J connectivity index is 2.34. The maximum atomic E-state index is 10.9. The molecule has 2 aromatic rings. The number of alkyl halides is 1. The van der Waals surface area contributed by atoms with Crippen LogP contribution in [0.5, 0.6) is 0 Å². The molecule has 2 rings (SSSR count). The molecule has 15 heavy (non-hydrogen) atoms. The minimum absolute atomic E-state index is 0.423. The summed E-state index contributed by atoms with van der Waals surface area (Å²) in [6.07, 6.45) is 0. The van der Waals surface area contributed by atoms with Crippen LogP contribution in [0.1, 0.15) is 5.56 Å². The number of nitrogens with zero attached hydrogens (tertiary/aromatic N) is 1. The molecule has 0 atom stereocenters. The summed E-state index contributed by atoms with van der Waals surface area (Å²) in [6, 6.07) is 6.07. The summed E-state index contributed by atoms with van der Waals surface area (Å²) in [6.45, 7) is 0.743. The number of hydrogen-bond acceptors (Lipinski definition) is 3. The van der Waals surface area contributed by atoms with Gasteiger partial charge in [0.15, 0.2) is 5.58 Å². The van der Waals surface area contributed by atoms with Gasteiger partial charge in [-0.3, -0.25) is 9.88 Å². The maximum Gasteiger partial charge on any atom is 0.417 e. The van der Waals surface area contributed by atoms with Crippen LogP contribution < -0.4 is 5.76 Å². The smallest absolute Gasteiger partial charge is 0.408 e. The van der Waals surface area contributed by atoms with E-state index in [4.69, 9.17) is 16.0 Å². The van der Waals surface area contributed by atoms with Gasteiger partial charge in [-0.05, 0) is 24.7 Å². The highest BCUT2D eigenvalue weighted by Crippen LogP contribution is 2.13. The number of fused-ring (bicyclic) bond motifs is 1. The molecule has 1 aromatic heterocycles. The zero-order valence-corrected chi connectivity index (χ0v) is 9.04. The quantitative estimate of drug-likeness (QED) is 0.641. The van der Waals surface area contributed by atoms with Crippen molar-refractivity contribution in [3.63, 3.8) is 0 Å². The van der Waals surface area contributed by atoms with Crippen LogP contribution in [0.3, 0.4) is 0 Å². The van der Waals surface area contributed by atoms with Crippen molar-refractivity contribution in [1.82, 2.24) is 9.88 Å². The summed E-state index contributed by atoms with van der Waals surface area (Å²) >= 11 is 5.67. The standard InChI is InChI=1S/C10H11ClN2O2/c1-13(6-11)5-7-2-3-9-8(4-7)12-10(14)15-9/h2-4H,5-6H2,1H3,(H,12,14). The van der Waals surface area contributed by atoms with E-state index in [1.165, 1.54) is 0 Å². The first kappa shape index (κ1) is 10.3. The van der Waals surface area contributed by atoms with Gasteiger partial charge in [-0.1, -0.05) is 6.07 Å². The summed E-state index contributed by atoms with van der Waals surface area (Å²) < 4.78 is 4.90. The van der Waals surface area contributed by atoms with Crippen LogP contribution >= 0.6 is 11.6 Å². The third-order valence-electron chi connectivity index (χ3n) is 2.14. The number of benzene rings is 1. The van der Waals surface area contributed by atoms with Crippen LogP contribution in [0.25, 0.3) is 11.1 Å². The minimum Gasteiger partial charge on any atom is -0.408 e. The van der Waals surface area contributed by atoms with Gasteiger partial charge in [0.05, 0.1) is 11.5 Å². The van der Waals surface area contributed by atoms with Crippen molar-refractivity contribution in [2.24, 2.45) is 0 Å². The average Bonchev–Trinajstić information content (AvgIpc) is 2.57. The Bertz CT molecular complexity index is 517. The highest BCUT2D eigenvalue weighted by Gasteiger charge is 2.03. The van der Waals surface area contributed by atoms with Gasteiger partial charge < -0.3 is 4.42 Å². The monoisotopic (exact) mass is 226 g/mol. The van der Waals surface area contributed by atoms with Gasteiger partial charge in [0.25, 0.3) is 0 Å². The molecule has 0 amide bonds. The first-order chi connectivity index (χ1) is 7.19. The molecule has 0 fully saturated rings. The van der Waals surface area contributed by atoms with Crippen LogP contribution in [0.2, 0.25) is 0 Å². The highest BCUT2D eigenvalue weighted by atomic mass is 35.5.